The molecule has 4 rings (SSSR count). The Morgan fingerprint density at radius 2 is 1.93 bits per heavy atom. The van der Waals surface area contributed by atoms with Gasteiger partial charge in [-0.2, -0.15) is 9.36 Å². The number of halogens is 1. The number of benzene rings is 2. The number of ether oxygens (including phenoxy) is 1. The lowest BCUT2D eigenvalue weighted by Crippen LogP contribution is -2.14. The lowest BCUT2D eigenvalue weighted by molar-refractivity contribution is 0.472. The molecule has 1 aliphatic carbocycles. The average molecular weight is 441 g/mol. The molecule has 156 valence electrons. The Labute approximate surface area is 186 Å². The fraction of sp³-hybridized carbons (Fsp3) is 0.348. The zero-order valence-corrected chi connectivity index (χ0v) is 19.2. The van der Waals surface area contributed by atoms with Crippen molar-refractivity contribution in [1.82, 2.24) is 14.3 Å². The predicted molar refractivity (Wildman–Crippen MR) is 124 cm³/mol. The van der Waals surface area contributed by atoms with E-state index in [9.17, 15) is 0 Å². The minimum absolute atomic E-state index is 0.0997. The van der Waals surface area contributed by atoms with E-state index in [1.807, 2.05) is 56.4 Å². The van der Waals surface area contributed by atoms with Crippen molar-refractivity contribution in [2.75, 3.05) is 13.6 Å². The van der Waals surface area contributed by atoms with Crippen LogP contribution in [0.1, 0.15) is 42.3 Å². The van der Waals surface area contributed by atoms with Gasteiger partial charge in [-0.1, -0.05) is 23.7 Å². The molecule has 0 unspecified atom stereocenters. The number of aliphatic imine (C=N–C) groups is 1. The molecular weight excluding hydrogens is 416 g/mol. The van der Waals surface area contributed by atoms with Gasteiger partial charge in [0, 0.05) is 30.1 Å². The standard InChI is InChI=1S/C23H25ClN4OS/c1-5-28(4)14-25-19-12-16(3)20(13-15(19)2)29-22-26-21(27-30-22)23(10-11-23)17-6-8-18(24)9-7-17/h6-9,12-14H,5,10-11H2,1-4H3/b25-14-. The molecule has 0 radical (unpaired) electrons. The Bertz CT molecular complexity index is 1070. The van der Waals surface area contributed by atoms with Crippen LogP contribution >= 0.6 is 23.1 Å². The van der Waals surface area contributed by atoms with Crippen LogP contribution in [0.3, 0.4) is 0 Å². The van der Waals surface area contributed by atoms with Crippen LogP contribution in [0.5, 0.6) is 10.9 Å². The van der Waals surface area contributed by atoms with Crippen LogP contribution in [-0.2, 0) is 5.41 Å². The minimum Gasteiger partial charge on any atom is -0.430 e. The lowest BCUT2D eigenvalue weighted by Gasteiger charge is -2.12. The normalized spacial score (nSPS) is 14.8. The van der Waals surface area contributed by atoms with E-state index >= 15 is 0 Å². The first kappa shape index (κ1) is 20.8. The monoisotopic (exact) mass is 440 g/mol. The van der Waals surface area contributed by atoms with Crippen molar-refractivity contribution < 1.29 is 4.74 Å². The van der Waals surface area contributed by atoms with E-state index in [0.717, 1.165) is 52.8 Å². The molecule has 1 aliphatic rings. The Morgan fingerprint density at radius 3 is 2.60 bits per heavy atom. The van der Waals surface area contributed by atoms with E-state index in [1.54, 1.807) is 0 Å². The number of rotatable bonds is 7. The summed E-state index contributed by atoms with van der Waals surface area (Å²) in [5, 5.41) is 1.31. The smallest absolute Gasteiger partial charge is 0.298 e. The Balaban J connectivity index is 1.53. The molecule has 0 atom stereocenters. The highest BCUT2D eigenvalue weighted by Crippen LogP contribution is 2.53. The van der Waals surface area contributed by atoms with Crippen molar-refractivity contribution >= 4 is 35.2 Å². The van der Waals surface area contributed by atoms with Crippen molar-refractivity contribution in [3.05, 3.63) is 63.9 Å². The van der Waals surface area contributed by atoms with Crippen LogP contribution in [-0.4, -0.2) is 34.2 Å². The van der Waals surface area contributed by atoms with Gasteiger partial charge < -0.3 is 9.64 Å². The molecule has 3 aromatic rings. The first-order valence-corrected chi connectivity index (χ1v) is 11.2. The largest absolute Gasteiger partial charge is 0.430 e. The van der Waals surface area contributed by atoms with Gasteiger partial charge in [-0.15, -0.1) is 0 Å². The highest BCUT2D eigenvalue weighted by molar-refractivity contribution is 7.07. The fourth-order valence-corrected chi connectivity index (χ4v) is 4.10. The van der Waals surface area contributed by atoms with E-state index in [2.05, 4.69) is 28.4 Å². The van der Waals surface area contributed by atoms with E-state index in [4.69, 9.17) is 21.3 Å². The van der Waals surface area contributed by atoms with Crippen molar-refractivity contribution in [3.8, 4) is 10.9 Å². The molecule has 1 heterocycles. The summed E-state index contributed by atoms with van der Waals surface area (Å²) in [6, 6.07) is 12.0. The lowest BCUT2D eigenvalue weighted by atomic mass is 9.95. The maximum atomic E-state index is 6.11. The molecule has 30 heavy (non-hydrogen) atoms. The van der Waals surface area contributed by atoms with Crippen LogP contribution < -0.4 is 4.74 Å². The van der Waals surface area contributed by atoms with E-state index in [-0.39, 0.29) is 5.41 Å². The van der Waals surface area contributed by atoms with E-state index in [1.165, 1.54) is 17.1 Å². The topological polar surface area (TPSA) is 50.6 Å². The summed E-state index contributed by atoms with van der Waals surface area (Å²) in [6.07, 6.45) is 3.94. The molecule has 5 nitrogen and oxygen atoms in total. The van der Waals surface area contributed by atoms with Crippen LogP contribution in [0.15, 0.2) is 41.4 Å². The minimum atomic E-state index is -0.0997. The van der Waals surface area contributed by atoms with Gasteiger partial charge in [0.05, 0.1) is 17.4 Å². The highest BCUT2D eigenvalue weighted by Gasteiger charge is 2.49. The number of aryl methyl sites for hydroxylation is 2. The second kappa shape index (κ2) is 8.36. The summed E-state index contributed by atoms with van der Waals surface area (Å²) in [5.74, 6) is 1.62. The van der Waals surface area contributed by atoms with Crippen LogP contribution in [0.2, 0.25) is 5.02 Å². The second-order valence-electron chi connectivity index (χ2n) is 7.80. The zero-order valence-electron chi connectivity index (χ0n) is 17.6. The summed E-state index contributed by atoms with van der Waals surface area (Å²) >= 11 is 7.34. The predicted octanol–water partition coefficient (Wildman–Crippen LogP) is 6.29. The molecule has 1 fully saturated rings. The molecule has 0 bridgehead atoms. The van der Waals surface area contributed by atoms with Gasteiger partial charge in [-0.25, -0.2) is 4.99 Å². The summed E-state index contributed by atoms with van der Waals surface area (Å²) in [7, 11) is 2.01. The van der Waals surface area contributed by atoms with Crippen molar-refractivity contribution in [3.63, 3.8) is 0 Å². The van der Waals surface area contributed by atoms with Gasteiger partial charge in [0.2, 0.25) is 0 Å². The summed E-state index contributed by atoms with van der Waals surface area (Å²) < 4.78 is 10.7. The third-order valence-corrected chi connectivity index (χ3v) is 6.41. The van der Waals surface area contributed by atoms with Crippen molar-refractivity contribution in [2.24, 2.45) is 4.99 Å². The zero-order chi connectivity index (χ0) is 21.3. The second-order valence-corrected chi connectivity index (χ2v) is 8.95. The molecule has 1 saturated carbocycles. The van der Waals surface area contributed by atoms with E-state index in [0.29, 0.717) is 5.19 Å². The van der Waals surface area contributed by atoms with Crippen LogP contribution in [0, 0.1) is 13.8 Å². The molecule has 0 amide bonds. The molecule has 2 aromatic carbocycles. The molecule has 0 aliphatic heterocycles. The van der Waals surface area contributed by atoms with Crippen molar-refractivity contribution in [1.29, 1.82) is 0 Å². The third-order valence-electron chi connectivity index (χ3n) is 5.57. The van der Waals surface area contributed by atoms with Crippen LogP contribution in [0.25, 0.3) is 0 Å². The maximum absolute atomic E-state index is 6.11. The van der Waals surface area contributed by atoms with E-state index < -0.39 is 0 Å². The molecule has 7 heteroatoms. The number of hydrogen-bond donors (Lipinski definition) is 0. The molecule has 1 aromatic heterocycles. The molecule has 0 spiro atoms. The summed E-state index contributed by atoms with van der Waals surface area (Å²) in [4.78, 5) is 11.3. The SMILES string of the molecule is CCN(C)/C=N\c1cc(C)c(Oc2nc(C3(c4ccc(Cl)cc4)CC3)ns2)cc1C. The Hall–Kier alpha value is -2.44. The first-order valence-electron chi connectivity index (χ1n) is 10.0. The summed E-state index contributed by atoms with van der Waals surface area (Å²) in [6.45, 7) is 7.07. The quantitative estimate of drug-likeness (QED) is 0.320. The van der Waals surface area contributed by atoms with Gasteiger partial charge >= 0.3 is 0 Å². The Kier molecular flexibility index (Phi) is 5.80. The van der Waals surface area contributed by atoms with Gasteiger partial charge in [0.15, 0.2) is 5.82 Å². The third kappa shape index (κ3) is 4.20. The van der Waals surface area contributed by atoms with Gasteiger partial charge in [-0.05, 0) is 74.6 Å². The molecule has 0 N–H and O–H groups in total. The van der Waals surface area contributed by atoms with Crippen LogP contribution in [0.4, 0.5) is 5.69 Å². The Morgan fingerprint density at radius 1 is 1.20 bits per heavy atom. The van der Waals surface area contributed by atoms with Gasteiger partial charge in [0.25, 0.3) is 5.19 Å². The van der Waals surface area contributed by atoms with Crippen molar-refractivity contribution in [2.45, 2.75) is 39.0 Å². The number of hydrogen-bond acceptors (Lipinski definition) is 5. The number of nitrogens with zero attached hydrogens (tertiary/aromatic N) is 4. The molecular formula is C23H25ClN4OS. The average Bonchev–Trinajstić information content (AvgIpc) is 3.41. The maximum Gasteiger partial charge on any atom is 0.298 e. The summed E-state index contributed by atoms with van der Waals surface area (Å²) in [5.41, 5.74) is 4.13. The number of aromatic nitrogens is 2. The fourth-order valence-electron chi connectivity index (χ4n) is 3.34. The molecule has 0 saturated heterocycles. The van der Waals surface area contributed by atoms with Gasteiger partial charge in [0.1, 0.15) is 5.75 Å². The highest BCUT2D eigenvalue weighted by atomic mass is 35.5. The van der Waals surface area contributed by atoms with Gasteiger partial charge in [-0.3, -0.25) is 0 Å². The first-order chi connectivity index (χ1) is 14.4.